The number of unbranched alkanes of at least 4 members (excludes halogenated alkanes) is 42. The molecule has 0 saturated carbocycles. The highest BCUT2D eigenvalue weighted by molar-refractivity contribution is 7.45. The Balaban J connectivity index is 4.09. The Kier molecular flexibility index (Phi) is 56.9. The molecule has 0 aliphatic rings. The lowest BCUT2D eigenvalue weighted by atomic mass is 10.0. The molecule has 0 aromatic rings. The minimum absolute atomic E-state index is 0.000347. The van der Waals surface area contributed by atoms with Gasteiger partial charge in [0.1, 0.15) is 13.2 Å². The largest absolute Gasteiger partial charge is 0.756 e. The number of likely N-dealkylation sites (N-methyl/N-ethyl adjacent to an activating group) is 1. The van der Waals surface area contributed by atoms with Crippen LogP contribution in [0, 0.1) is 0 Å². The Labute approximate surface area is 473 Å². The predicted molar refractivity (Wildman–Crippen MR) is 330 cm³/mol. The third kappa shape index (κ3) is 60.1. The summed E-state index contributed by atoms with van der Waals surface area (Å²) in [6.45, 7) is 4.68. The summed E-state index contributed by atoms with van der Waals surface area (Å²) in [5.74, 6) is -0.193. The molecule has 0 aromatic carbocycles. The quantitative estimate of drug-likeness (QED) is 0.0272. The van der Waals surface area contributed by atoms with Gasteiger partial charge >= 0.3 is 0 Å². The fourth-order valence-corrected chi connectivity index (χ4v) is 10.6. The summed E-state index contributed by atoms with van der Waals surface area (Å²) < 4.78 is 23.4. The summed E-state index contributed by atoms with van der Waals surface area (Å²) in [5.41, 5.74) is 0. The molecule has 9 heteroatoms. The number of amides is 1. The van der Waals surface area contributed by atoms with Crippen LogP contribution < -0.4 is 10.2 Å². The van der Waals surface area contributed by atoms with Crippen molar-refractivity contribution in [3.8, 4) is 0 Å². The first kappa shape index (κ1) is 74.5. The van der Waals surface area contributed by atoms with Crippen LogP contribution in [0.25, 0.3) is 0 Å². The second-order valence-electron chi connectivity index (χ2n) is 23.8. The standard InChI is InChI=1S/C67H129N2O6P/c1-6-8-10-12-14-16-18-20-22-24-26-28-30-31-32-33-34-35-36-37-39-41-43-45-47-49-51-53-55-57-59-61-67(71)68-65(64-75-76(72,73)74-63-62-69(3,4)5)66(70)60-58-56-54-52-50-48-46-44-42-40-38-29-27-25-23-21-19-17-15-13-11-9-7-2/h18,20,24,26,30-31,58,60,65-66,70H,6-17,19,21-23,25,27-29,32-57,59,61-64H2,1-5H3,(H-,68,71,72,73)/b20-18-,26-24-,31-30-,60-58+. The van der Waals surface area contributed by atoms with Gasteiger partial charge in [-0.1, -0.05) is 306 Å². The molecule has 0 aliphatic heterocycles. The van der Waals surface area contributed by atoms with Crippen LogP contribution in [0.2, 0.25) is 0 Å². The zero-order valence-electron chi connectivity index (χ0n) is 51.2. The number of nitrogens with zero attached hydrogens (tertiary/aromatic N) is 1. The van der Waals surface area contributed by atoms with Crippen molar-refractivity contribution in [2.75, 3.05) is 40.9 Å². The van der Waals surface area contributed by atoms with E-state index in [4.69, 9.17) is 9.05 Å². The lowest BCUT2D eigenvalue weighted by Gasteiger charge is -2.29. The van der Waals surface area contributed by atoms with Gasteiger partial charge in [0, 0.05) is 6.42 Å². The highest BCUT2D eigenvalue weighted by Gasteiger charge is 2.23. The third-order valence-electron chi connectivity index (χ3n) is 15.0. The molecule has 0 bridgehead atoms. The normalized spacial score (nSPS) is 14.0. The van der Waals surface area contributed by atoms with Gasteiger partial charge in [0.15, 0.2) is 0 Å². The van der Waals surface area contributed by atoms with E-state index in [2.05, 4.69) is 55.6 Å². The van der Waals surface area contributed by atoms with Crippen molar-refractivity contribution >= 4 is 13.7 Å². The van der Waals surface area contributed by atoms with Gasteiger partial charge in [-0.05, 0) is 57.8 Å². The summed E-state index contributed by atoms with van der Waals surface area (Å²) in [5, 5.41) is 13.9. The SMILES string of the molecule is CCCCCCC/C=C\C/C=C\C/C=C\CCCCCCCCCCCCCCCCCCC(=O)NC(COP(=O)([O-])OCC[N+](C)(C)C)C(O)/C=C/CCCCCCCCCCCCCCCCCCCCCCC. The topological polar surface area (TPSA) is 108 Å². The first-order valence-corrected chi connectivity index (χ1v) is 34.5. The van der Waals surface area contributed by atoms with Gasteiger partial charge in [0.05, 0.1) is 39.9 Å². The van der Waals surface area contributed by atoms with E-state index in [1.54, 1.807) is 6.08 Å². The second kappa shape index (κ2) is 58.1. The molecular formula is C67H129N2O6P. The minimum atomic E-state index is -4.60. The van der Waals surface area contributed by atoms with Crippen molar-refractivity contribution in [1.82, 2.24) is 5.32 Å². The number of allylic oxidation sites excluding steroid dienone is 7. The van der Waals surface area contributed by atoms with Gasteiger partial charge < -0.3 is 28.8 Å². The predicted octanol–water partition coefficient (Wildman–Crippen LogP) is 20.0. The van der Waals surface area contributed by atoms with E-state index in [1.807, 2.05) is 27.2 Å². The van der Waals surface area contributed by atoms with Crippen molar-refractivity contribution in [2.45, 2.75) is 334 Å². The number of quaternary nitrogens is 1. The van der Waals surface area contributed by atoms with E-state index < -0.39 is 20.0 Å². The Morgan fingerprint density at radius 2 is 0.763 bits per heavy atom. The smallest absolute Gasteiger partial charge is 0.268 e. The van der Waals surface area contributed by atoms with Crippen LogP contribution >= 0.6 is 7.82 Å². The van der Waals surface area contributed by atoms with Crippen LogP contribution in [-0.4, -0.2) is 68.5 Å². The number of phosphoric acid groups is 1. The van der Waals surface area contributed by atoms with E-state index in [0.29, 0.717) is 17.4 Å². The van der Waals surface area contributed by atoms with Crippen LogP contribution in [0.15, 0.2) is 48.6 Å². The molecule has 8 nitrogen and oxygen atoms in total. The third-order valence-corrected chi connectivity index (χ3v) is 16.0. The molecule has 3 atom stereocenters. The van der Waals surface area contributed by atoms with Crippen LogP contribution in [0.5, 0.6) is 0 Å². The fourth-order valence-electron chi connectivity index (χ4n) is 9.87. The van der Waals surface area contributed by atoms with Crippen molar-refractivity contribution in [1.29, 1.82) is 0 Å². The summed E-state index contributed by atoms with van der Waals surface area (Å²) in [7, 11) is 1.27. The van der Waals surface area contributed by atoms with Gasteiger partial charge in [-0.3, -0.25) is 9.36 Å². The second-order valence-corrected chi connectivity index (χ2v) is 25.2. The van der Waals surface area contributed by atoms with Crippen molar-refractivity contribution < 1.29 is 32.9 Å². The van der Waals surface area contributed by atoms with E-state index in [-0.39, 0.29) is 19.1 Å². The number of hydrogen-bond donors (Lipinski definition) is 2. The average Bonchev–Trinajstić information content (AvgIpc) is 3.38. The van der Waals surface area contributed by atoms with E-state index >= 15 is 0 Å². The molecule has 76 heavy (non-hydrogen) atoms. The Hall–Kier alpha value is -1.54. The maximum absolute atomic E-state index is 13.0. The van der Waals surface area contributed by atoms with Crippen molar-refractivity contribution in [3.63, 3.8) is 0 Å². The number of carbonyl (C=O) groups is 1. The monoisotopic (exact) mass is 1090 g/mol. The van der Waals surface area contributed by atoms with E-state index in [1.165, 1.54) is 250 Å². The highest BCUT2D eigenvalue weighted by atomic mass is 31.2. The minimum Gasteiger partial charge on any atom is -0.756 e. The Bertz CT molecular complexity index is 1380. The molecule has 1 amide bonds. The van der Waals surface area contributed by atoms with Gasteiger partial charge in [-0.2, -0.15) is 0 Å². The first-order chi connectivity index (χ1) is 37.0. The summed E-state index contributed by atoms with van der Waals surface area (Å²) in [6.07, 6.45) is 77.8. The van der Waals surface area contributed by atoms with Crippen LogP contribution in [0.1, 0.15) is 322 Å². The molecule has 2 N–H and O–H groups in total. The molecule has 0 saturated heterocycles. The average molecular weight is 1090 g/mol. The molecule has 0 radical (unpaired) electrons. The van der Waals surface area contributed by atoms with Crippen molar-refractivity contribution in [2.24, 2.45) is 0 Å². The number of aliphatic hydroxyl groups is 1. The summed E-state index contributed by atoms with van der Waals surface area (Å²) in [4.78, 5) is 25.6. The molecule has 0 fully saturated rings. The summed E-state index contributed by atoms with van der Waals surface area (Å²) >= 11 is 0. The molecular weight excluding hydrogens is 960 g/mol. The molecule has 0 heterocycles. The highest BCUT2D eigenvalue weighted by Crippen LogP contribution is 2.38. The molecule has 0 rings (SSSR count). The van der Waals surface area contributed by atoms with Gasteiger partial charge in [0.2, 0.25) is 5.91 Å². The van der Waals surface area contributed by atoms with Gasteiger partial charge in [-0.15, -0.1) is 0 Å². The van der Waals surface area contributed by atoms with E-state index in [0.717, 1.165) is 51.4 Å². The zero-order chi connectivity index (χ0) is 55.6. The Morgan fingerprint density at radius 1 is 0.461 bits per heavy atom. The maximum atomic E-state index is 13.0. The lowest BCUT2D eigenvalue weighted by molar-refractivity contribution is -0.870. The Morgan fingerprint density at radius 3 is 1.11 bits per heavy atom. The van der Waals surface area contributed by atoms with Gasteiger partial charge in [0.25, 0.3) is 7.82 Å². The number of aliphatic hydroxyl groups excluding tert-OH is 1. The fraction of sp³-hybridized carbons (Fsp3) is 0.866. The lowest BCUT2D eigenvalue weighted by Crippen LogP contribution is -2.45. The molecule has 0 aromatic heterocycles. The van der Waals surface area contributed by atoms with Crippen molar-refractivity contribution in [3.05, 3.63) is 48.6 Å². The number of carbonyl (C=O) groups excluding carboxylic acids is 1. The van der Waals surface area contributed by atoms with Crippen LogP contribution in [0.3, 0.4) is 0 Å². The van der Waals surface area contributed by atoms with E-state index in [9.17, 15) is 19.4 Å². The maximum Gasteiger partial charge on any atom is 0.268 e. The summed E-state index contributed by atoms with van der Waals surface area (Å²) in [6, 6.07) is -0.888. The molecule has 0 spiro atoms. The number of rotatable bonds is 61. The molecule has 448 valence electrons. The van der Waals surface area contributed by atoms with Crippen LogP contribution in [0.4, 0.5) is 0 Å². The first-order valence-electron chi connectivity index (χ1n) is 33.0. The van der Waals surface area contributed by atoms with Crippen LogP contribution in [-0.2, 0) is 18.4 Å². The number of nitrogens with one attached hydrogen (secondary N) is 1. The molecule has 3 unspecified atom stereocenters. The number of phosphoric ester groups is 1. The van der Waals surface area contributed by atoms with Gasteiger partial charge in [-0.25, -0.2) is 0 Å². The zero-order valence-corrected chi connectivity index (χ0v) is 52.1. The number of hydrogen-bond acceptors (Lipinski definition) is 6. The molecule has 0 aliphatic carbocycles.